The zero-order valence-electron chi connectivity index (χ0n) is 11.3. The van der Waals surface area contributed by atoms with Crippen LogP contribution in [0.15, 0.2) is 0 Å². The van der Waals surface area contributed by atoms with E-state index in [9.17, 15) is 0 Å². The van der Waals surface area contributed by atoms with Gasteiger partial charge in [0, 0.05) is 37.8 Å². The Balaban J connectivity index is 1.86. The summed E-state index contributed by atoms with van der Waals surface area (Å²) in [4.78, 5) is 0. The Morgan fingerprint density at radius 3 is 2.53 bits per heavy atom. The zero-order chi connectivity index (χ0) is 12.1. The highest BCUT2D eigenvalue weighted by molar-refractivity contribution is 4.88. The first-order valence-corrected chi connectivity index (χ1v) is 7.09. The molecule has 0 bridgehead atoms. The first-order chi connectivity index (χ1) is 8.20. The van der Waals surface area contributed by atoms with Crippen LogP contribution in [0.3, 0.4) is 0 Å². The van der Waals surface area contributed by atoms with Gasteiger partial charge in [0.25, 0.3) is 0 Å². The van der Waals surface area contributed by atoms with Gasteiger partial charge in [0.05, 0.1) is 6.61 Å². The lowest BCUT2D eigenvalue weighted by atomic mass is 9.76. The van der Waals surface area contributed by atoms with E-state index in [1.165, 1.54) is 25.7 Å². The van der Waals surface area contributed by atoms with E-state index in [4.69, 9.17) is 9.47 Å². The fraction of sp³-hybridized carbons (Fsp3) is 1.00. The lowest BCUT2D eigenvalue weighted by Gasteiger charge is -2.34. The molecule has 0 aromatic carbocycles. The minimum atomic E-state index is 0.395. The molecule has 100 valence electrons. The van der Waals surface area contributed by atoms with Crippen LogP contribution < -0.4 is 5.32 Å². The second-order valence-corrected chi connectivity index (χ2v) is 6.10. The van der Waals surface area contributed by atoms with Crippen LogP contribution in [0.5, 0.6) is 0 Å². The van der Waals surface area contributed by atoms with E-state index in [0.717, 1.165) is 38.9 Å². The van der Waals surface area contributed by atoms with Crippen LogP contribution in [0.1, 0.15) is 39.5 Å². The molecule has 0 spiro atoms. The van der Waals surface area contributed by atoms with E-state index in [1.807, 2.05) is 0 Å². The Labute approximate surface area is 105 Å². The van der Waals surface area contributed by atoms with Crippen molar-refractivity contribution in [1.29, 1.82) is 0 Å². The average Bonchev–Trinajstić information content (AvgIpc) is 2.77. The van der Waals surface area contributed by atoms with Gasteiger partial charge in [-0.15, -0.1) is 0 Å². The van der Waals surface area contributed by atoms with Crippen molar-refractivity contribution in [2.45, 2.75) is 45.6 Å². The Morgan fingerprint density at radius 1 is 1.18 bits per heavy atom. The molecule has 2 saturated heterocycles. The third kappa shape index (κ3) is 3.94. The molecule has 0 aromatic rings. The first kappa shape index (κ1) is 13.3. The molecule has 3 heteroatoms. The molecule has 1 unspecified atom stereocenters. The van der Waals surface area contributed by atoms with Crippen molar-refractivity contribution in [2.75, 3.05) is 33.0 Å². The number of rotatable bonds is 5. The van der Waals surface area contributed by atoms with Crippen molar-refractivity contribution in [1.82, 2.24) is 5.32 Å². The molecule has 0 saturated carbocycles. The second-order valence-electron chi connectivity index (χ2n) is 6.10. The minimum absolute atomic E-state index is 0.395. The molecule has 0 aliphatic carbocycles. The highest BCUT2D eigenvalue weighted by Crippen LogP contribution is 2.37. The quantitative estimate of drug-likeness (QED) is 0.800. The molecule has 17 heavy (non-hydrogen) atoms. The summed E-state index contributed by atoms with van der Waals surface area (Å²) in [5.41, 5.74) is 0.395. The predicted octanol–water partition coefficient (Wildman–Crippen LogP) is 2.21. The maximum atomic E-state index is 5.66. The monoisotopic (exact) mass is 241 g/mol. The zero-order valence-corrected chi connectivity index (χ0v) is 11.3. The van der Waals surface area contributed by atoms with Gasteiger partial charge in [0.2, 0.25) is 0 Å². The number of ether oxygens (including phenoxy) is 2. The van der Waals surface area contributed by atoms with Crippen molar-refractivity contribution >= 4 is 0 Å². The third-order valence-electron chi connectivity index (χ3n) is 4.13. The molecule has 0 radical (unpaired) electrons. The smallest absolute Gasteiger partial charge is 0.0535 e. The molecule has 0 amide bonds. The number of hydrogen-bond donors (Lipinski definition) is 1. The standard InChI is InChI=1S/C14H27NO2/c1-12(2)15-10-14(5-8-17-11-14)9-13-3-6-16-7-4-13/h12-13,15H,3-11H2,1-2H3. The summed E-state index contributed by atoms with van der Waals surface area (Å²) >= 11 is 0. The lowest BCUT2D eigenvalue weighted by molar-refractivity contribution is 0.0422. The second kappa shape index (κ2) is 6.17. The highest BCUT2D eigenvalue weighted by atomic mass is 16.5. The van der Waals surface area contributed by atoms with E-state index in [0.29, 0.717) is 11.5 Å². The Hall–Kier alpha value is -0.120. The first-order valence-electron chi connectivity index (χ1n) is 7.09. The van der Waals surface area contributed by atoms with Crippen LogP contribution in [0.2, 0.25) is 0 Å². The Morgan fingerprint density at radius 2 is 1.94 bits per heavy atom. The van der Waals surface area contributed by atoms with E-state index >= 15 is 0 Å². The molecule has 1 atom stereocenters. The van der Waals surface area contributed by atoms with Crippen molar-refractivity contribution in [3.8, 4) is 0 Å². The van der Waals surface area contributed by atoms with E-state index in [-0.39, 0.29) is 0 Å². The molecule has 2 heterocycles. The average molecular weight is 241 g/mol. The van der Waals surface area contributed by atoms with Crippen LogP contribution in [0.25, 0.3) is 0 Å². The van der Waals surface area contributed by atoms with Crippen LogP contribution in [-0.4, -0.2) is 39.0 Å². The van der Waals surface area contributed by atoms with Gasteiger partial charge in [-0.1, -0.05) is 13.8 Å². The van der Waals surface area contributed by atoms with Crippen molar-refractivity contribution in [3.63, 3.8) is 0 Å². The van der Waals surface area contributed by atoms with Gasteiger partial charge in [-0.25, -0.2) is 0 Å². The summed E-state index contributed by atoms with van der Waals surface area (Å²) in [6.45, 7) is 9.36. The maximum Gasteiger partial charge on any atom is 0.0535 e. The summed E-state index contributed by atoms with van der Waals surface area (Å²) < 4.78 is 11.1. The summed E-state index contributed by atoms with van der Waals surface area (Å²) in [5, 5.41) is 3.61. The van der Waals surface area contributed by atoms with Gasteiger partial charge in [-0.3, -0.25) is 0 Å². The van der Waals surface area contributed by atoms with E-state index < -0.39 is 0 Å². The molecular weight excluding hydrogens is 214 g/mol. The molecule has 3 nitrogen and oxygen atoms in total. The third-order valence-corrected chi connectivity index (χ3v) is 4.13. The fourth-order valence-corrected chi connectivity index (χ4v) is 3.01. The molecule has 2 rings (SSSR count). The van der Waals surface area contributed by atoms with Gasteiger partial charge >= 0.3 is 0 Å². The molecule has 1 N–H and O–H groups in total. The minimum Gasteiger partial charge on any atom is -0.381 e. The lowest BCUT2D eigenvalue weighted by Crippen LogP contribution is -2.40. The van der Waals surface area contributed by atoms with E-state index in [1.54, 1.807) is 0 Å². The molecule has 2 aliphatic heterocycles. The fourth-order valence-electron chi connectivity index (χ4n) is 3.01. The maximum absolute atomic E-state index is 5.66. The van der Waals surface area contributed by atoms with Crippen molar-refractivity contribution in [2.24, 2.45) is 11.3 Å². The SMILES string of the molecule is CC(C)NCC1(CC2CCOCC2)CCOC1. The summed E-state index contributed by atoms with van der Waals surface area (Å²) in [5.74, 6) is 0.847. The molecular formula is C14H27NO2. The van der Waals surface area contributed by atoms with Crippen LogP contribution in [0.4, 0.5) is 0 Å². The summed E-state index contributed by atoms with van der Waals surface area (Å²) in [6, 6.07) is 0.571. The number of hydrogen-bond acceptors (Lipinski definition) is 3. The summed E-state index contributed by atoms with van der Waals surface area (Å²) in [7, 11) is 0. The largest absolute Gasteiger partial charge is 0.381 e. The molecule has 2 fully saturated rings. The normalized spacial score (nSPS) is 31.2. The van der Waals surface area contributed by atoms with Crippen LogP contribution >= 0.6 is 0 Å². The van der Waals surface area contributed by atoms with Crippen molar-refractivity contribution in [3.05, 3.63) is 0 Å². The topological polar surface area (TPSA) is 30.5 Å². The molecule has 0 aromatic heterocycles. The Bertz CT molecular complexity index is 218. The van der Waals surface area contributed by atoms with Gasteiger partial charge in [0.15, 0.2) is 0 Å². The van der Waals surface area contributed by atoms with Gasteiger partial charge in [0.1, 0.15) is 0 Å². The summed E-state index contributed by atoms with van der Waals surface area (Å²) in [6.07, 6.45) is 5.02. The van der Waals surface area contributed by atoms with Gasteiger partial charge < -0.3 is 14.8 Å². The van der Waals surface area contributed by atoms with Gasteiger partial charge in [-0.2, -0.15) is 0 Å². The van der Waals surface area contributed by atoms with E-state index in [2.05, 4.69) is 19.2 Å². The van der Waals surface area contributed by atoms with Gasteiger partial charge in [-0.05, 0) is 31.6 Å². The number of nitrogens with one attached hydrogen (secondary N) is 1. The molecule has 2 aliphatic rings. The van der Waals surface area contributed by atoms with Crippen molar-refractivity contribution < 1.29 is 9.47 Å². The van der Waals surface area contributed by atoms with Crippen LogP contribution in [-0.2, 0) is 9.47 Å². The van der Waals surface area contributed by atoms with Crippen LogP contribution in [0, 0.1) is 11.3 Å². The Kier molecular flexibility index (Phi) is 4.83. The predicted molar refractivity (Wildman–Crippen MR) is 69.2 cm³/mol. The highest BCUT2D eigenvalue weighted by Gasteiger charge is 2.37.